The van der Waals surface area contributed by atoms with Gasteiger partial charge in [0.05, 0.1) is 40.6 Å². The number of rotatable bonds is 6. The van der Waals surface area contributed by atoms with Crippen LogP contribution in [0.1, 0.15) is 60.3 Å². The van der Waals surface area contributed by atoms with Gasteiger partial charge in [-0.05, 0) is 84.8 Å². The summed E-state index contributed by atoms with van der Waals surface area (Å²) in [7, 11) is 1.54. The Morgan fingerprint density at radius 3 is 1.92 bits per heavy atom. The van der Waals surface area contributed by atoms with Gasteiger partial charge in [-0.15, -0.1) is 0 Å². The van der Waals surface area contributed by atoms with Crippen LogP contribution in [0.3, 0.4) is 0 Å². The lowest BCUT2D eigenvalue weighted by Gasteiger charge is -2.33. The van der Waals surface area contributed by atoms with E-state index in [-0.39, 0.29) is 10.3 Å². The van der Waals surface area contributed by atoms with Crippen molar-refractivity contribution in [2.45, 2.75) is 51.4 Å². The second-order valence-electron chi connectivity index (χ2n) is 11.9. The summed E-state index contributed by atoms with van der Waals surface area (Å²) in [5.74, 6) is 2.15. The molecule has 1 aromatic carbocycles. The van der Waals surface area contributed by atoms with Crippen molar-refractivity contribution in [3.05, 3.63) is 86.6 Å². The number of piperidine rings is 2. The summed E-state index contributed by atoms with van der Waals surface area (Å²) in [6, 6.07) is 4.96. The zero-order valence-electron chi connectivity index (χ0n) is 26.9. The third-order valence-electron chi connectivity index (χ3n) is 8.96. The minimum atomic E-state index is -0.448. The first-order chi connectivity index (χ1) is 23.2. The lowest BCUT2D eigenvalue weighted by molar-refractivity contribution is 0.379. The van der Waals surface area contributed by atoms with Gasteiger partial charge in [-0.25, -0.2) is 24.3 Å². The number of aromatic nitrogens is 8. The van der Waals surface area contributed by atoms with Gasteiger partial charge in [0.25, 0.3) is 0 Å². The number of nitrogens with zero attached hydrogens (tertiary/aromatic N) is 8. The number of hydrogen-bond donors (Lipinski definition) is 2. The molecule has 252 valence electrons. The van der Waals surface area contributed by atoms with E-state index in [1.54, 1.807) is 44.3 Å². The van der Waals surface area contributed by atoms with Gasteiger partial charge >= 0.3 is 6.01 Å². The highest BCUT2D eigenvalue weighted by Crippen LogP contribution is 2.37. The summed E-state index contributed by atoms with van der Waals surface area (Å²) in [6.07, 6.45) is 11.0. The zero-order chi connectivity index (χ0) is 33.8. The van der Waals surface area contributed by atoms with E-state index < -0.39 is 5.82 Å². The SMILES string of the molecule is COc1ncc(-c2ccc(F)c(Cl)c2)c(N2CCC(c3nc[nH]c3C)CC2)n1.Cc1[nH]cnc1C1CCN(c2nc(Cl)ncc2Br)CC1. The van der Waals surface area contributed by atoms with Crippen molar-refractivity contribution in [1.82, 2.24) is 39.9 Å². The van der Waals surface area contributed by atoms with E-state index in [4.69, 9.17) is 27.9 Å². The number of aryl methyl sites for hydroxylation is 2. The number of aromatic amines is 2. The van der Waals surface area contributed by atoms with Crippen molar-refractivity contribution in [2.75, 3.05) is 43.1 Å². The summed E-state index contributed by atoms with van der Waals surface area (Å²) in [4.78, 5) is 36.8. The average Bonchev–Trinajstić information content (AvgIpc) is 3.75. The molecule has 6 heterocycles. The molecule has 2 fully saturated rings. The smallest absolute Gasteiger partial charge is 0.318 e. The second kappa shape index (κ2) is 15.2. The summed E-state index contributed by atoms with van der Waals surface area (Å²) in [5, 5.41) is 0.362. The molecule has 0 spiro atoms. The summed E-state index contributed by atoms with van der Waals surface area (Å²) in [6.45, 7) is 7.69. The Morgan fingerprint density at radius 2 is 1.40 bits per heavy atom. The number of nitrogens with one attached hydrogen (secondary N) is 2. The maximum Gasteiger partial charge on any atom is 0.318 e. The molecule has 0 saturated carbocycles. The van der Waals surface area contributed by atoms with Crippen LogP contribution < -0.4 is 14.5 Å². The number of ether oxygens (including phenoxy) is 1. The highest BCUT2D eigenvalue weighted by molar-refractivity contribution is 9.10. The fraction of sp³-hybridized carbons (Fsp3) is 0.394. The maximum absolute atomic E-state index is 13.6. The molecule has 11 nitrogen and oxygen atoms in total. The van der Waals surface area contributed by atoms with Gasteiger partial charge in [0.15, 0.2) is 0 Å². The predicted molar refractivity (Wildman–Crippen MR) is 189 cm³/mol. The van der Waals surface area contributed by atoms with E-state index in [9.17, 15) is 4.39 Å². The molecule has 2 aliphatic rings. The van der Waals surface area contributed by atoms with E-state index in [2.05, 4.69) is 79.4 Å². The van der Waals surface area contributed by atoms with Crippen LogP contribution in [0.25, 0.3) is 11.1 Å². The number of H-pyrrole nitrogens is 2. The Hall–Kier alpha value is -3.81. The lowest BCUT2D eigenvalue weighted by atomic mass is 9.92. The minimum absolute atomic E-state index is 0.0759. The fourth-order valence-electron chi connectivity index (χ4n) is 6.41. The van der Waals surface area contributed by atoms with Gasteiger partial charge in [-0.1, -0.05) is 17.7 Å². The first kappa shape index (κ1) is 34.1. The van der Waals surface area contributed by atoms with Crippen LogP contribution >= 0.6 is 39.1 Å². The zero-order valence-corrected chi connectivity index (χ0v) is 29.9. The molecule has 2 aliphatic heterocycles. The van der Waals surface area contributed by atoms with Crippen LogP contribution in [0.2, 0.25) is 10.3 Å². The van der Waals surface area contributed by atoms with Crippen LogP contribution in [0.5, 0.6) is 6.01 Å². The molecule has 0 amide bonds. The molecule has 15 heteroatoms. The molecular weight excluding hydrogens is 722 g/mol. The Labute approximate surface area is 296 Å². The van der Waals surface area contributed by atoms with Gasteiger partial charge in [-0.2, -0.15) is 9.97 Å². The first-order valence-corrected chi connectivity index (χ1v) is 17.3. The van der Waals surface area contributed by atoms with Crippen molar-refractivity contribution >= 4 is 50.8 Å². The molecule has 0 atom stereocenters. The molecule has 5 aromatic rings. The number of methoxy groups -OCH3 is 1. The summed E-state index contributed by atoms with van der Waals surface area (Å²) in [5.41, 5.74) is 6.22. The third kappa shape index (κ3) is 7.58. The van der Waals surface area contributed by atoms with Crippen molar-refractivity contribution in [2.24, 2.45) is 0 Å². The van der Waals surface area contributed by atoms with Crippen LogP contribution in [0.4, 0.5) is 16.0 Å². The third-order valence-corrected chi connectivity index (χ3v) is 9.99. The number of hydrogen-bond acceptors (Lipinski definition) is 9. The second-order valence-corrected chi connectivity index (χ2v) is 13.5. The van der Waals surface area contributed by atoms with Crippen LogP contribution in [0.15, 0.2) is 47.7 Å². The summed E-state index contributed by atoms with van der Waals surface area (Å²) < 4.78 is 19.7. The van der Waals surface area contributed by atoms with Gasteiger partial charge < -0.3 is 24.5 Å². The van der Waals surface area contributed by atoms with Crippen LogP contribution in [0, 0.1) is 19.7 Å². The topological polar surface area (TPSA) is 125 Å². The van der Waals surface area contributed by atoms with Crippen molar-refractivity contribution in [3.8, 4) is 17.1 Å². The average molecular weight is 759 g/mol. The predicted octanol–water partition coefficient (Wildman–Crippen LogP) is 7.67. The van der Waals surface area contributed by atoms with Gasteiger partial charge in [-0.3, -0.25) is 0 Å². The largest absolute Gasteiger partial charge is 0.467 e. The van der Waals surface area contributed by atoms with E-state index >= 15 is 0 Å². The number of benzene rings is 1. The van der Waals surface area contributed by atoms with E-state index in [0.29, 0.717) is 17.8 Å². The van der Waals surface area contributed by atoms with Gasteiger partial charge in [0.2, 0.25) is 5.28 Å². The molecular formula is C33H36BrCl2FN10O. The highest BCUT2D eigenvalue weighted by Gasteiger charge is 2.27. The molecule has 0 bridgehead atoms. The lowest BCUT2D eigenvalue weighted by Crippen LogP contribution is -2.34. The van der Waals surface area contributed by atoms with Crippen LogP contribution in [-0.2, 0) is 0 Å². The highest BCUT2D eigenvalue weighted by atomic mass is 79.9. The molecule has 2 N–H and O–H groups in total. The van der Waals surface area contributed by atoms with Gasteiger partial charge in [0, 0.05) is 67.4 Å². The molecule has 0 aliphatic carbocycles. The van der Waals surface area contributed by atoms with Gasteiger partial charge in [0.1, 0.15) is 17.5 Å². The minimum Gasteiger partial charge on any atom is -0.467 e. The van der Waals surface area contributed by atoms with Crippen LogP contribution in [-0.4, -0.2) is 73.2 Å². The quantitative estimate of drug-likeness (QED) is 0.168. The Bertz CT molecular complexity index is 1850. The Balaban J connectivity index is 0.000000177. The van der Waals surface area contributed by atoms with Crippen molar-refractivity contribution in [1.29, 1.82) is 0 Å². The molecule has 4 aromatic heterocycles. The number of imidazole rings is 2. The van der Waals surface area contributed by atoms with E-state index in [0.717, 1.165) is 90.5 Å². The molecule has 2 saturated heterocycles. The fourth-order valence-corrected chi connectivity index (χ4v) is 7.17. The monoisotopic (exact) mass is 756 g/mol. The number of anilines is 2. The molecule has 0 radical (unpaired) electrons. The van der Waals surface area contributed by atoms with E-state index in [1.165, 1.54) is 17.5 Å². The van der Waals surface area contributed by atoms with Crippen molar-refractivity contribution < 1.29 is 9.13 Å². The molecule has 0 unspecified atom stereocenters. The molecule has 7 rings (SSSR count). The van der Waals surface area contributed by atoms with E-state index in [1.807, 2.05) is 0 Å². The standard InChI is InChI=1S/C20H21ClFN5O.C13H15BrClN5/c1-12-18(25-11-24-12)13-5-7-27(8-6-13)19-15(10-23-20(26-19)28-2)14-3-4-17(22)16(21)9-14;1-8-11(18-7-17-8)9-2-4-20(5-3-9)12-10(14)6-16-13(15)19-12/h3-4,9-11,13H,5-8H2,1-2H3,(H,24,25);6-7,9H,2-5H2,1H3,(H,17,18). The Morgan fingerprint density at radius 1 is 0.812 bits per heavy atom. The Kier molecular flexibility index (Phi) is 10.8. The summed E-state index contributed by atoms with van der Waals surface area (Å²) >= 11 is 15.4. The first-order valence-electron chi connectivity index (χ1n) is 15.8. The van der Waals surface area contributed by atoms with Crippen molar-refractivity contribution in [3.63, 3.8) is 0 Å². The maximum atomic E-state index is 13.6. The number of halogens is 4. The normalized spacial score (nSPS) is 15.7. The molecule has 48 heavy (non-hydrogen) atoms.